The van der Waals surface area contributed by atoms with Crippen molar-refractivity contribution in [1.29, 1.82) is 0 Å². The third-order valence-corrected chi connectivity index (χ3v) is 3.43. The number of nitrogens with one attached hydrogen (secondary N) is 1. The zero-order chi connectivity index (χ0) is 18.6. The van der Waals surface area contributed by atoms with Crippen LogP contribution in [0.5, 0.6) is 5.75 Å². The largest absolute Gasteiger partial charge is 0.465 e. The molecule has 2 rings (SSSR count). The molecular weight excluding hydrogens is 329 g/mol. The highest BCUT2D eigenvalue weighted by Crippen LogP contribution is 2.26. The highest BCUT2D eigenvalue weighted by Gasteiger charge is 2.19. The Kier molecular flexibility index (Phi) is 5.49. The second-order valence-electron chi connectivity index (χ2n) is 5.19. The average molecular weight is 345 g/mol. The molecule has 25 heavy (non-hydrogen) atoms. The van der Waals surface area contributed by atoms with Crippen LogP contribution in [-0.2, 0) is 16.0 Å². The molecule has 0 fully saturated rings. The third kappa shape index (κ3) is 4.20. The Bertz CT molecular complexity index is 901. The number of esters is 2. The summed E-state index contributed by atoms with van der Waals surface area (Å²) >= 11 is 0. The maximum absolute atomic E-state index is 14.2. The molecule has 2 aromatic rings. The number of carbonyl (C=O) groups excluding carboxylic acids is 2. The van der Waals surface area contributed by atoms with Crippen molar-refractivity contribution in [2.45, 2.75) is 13.3 Å². The number of H-pyrrole nitrogens is 1. The quantitative estimate of drug-likeness (QED) is 0.665. The number of rotatable bonds is 5. The van der Waals surface area contributed by atoms with E-state index in [2.05, 4.69) is 16.3 Å². The van der Waals surface area contributed by atoms with Crippen molar-refractivity contribution in [3.05, 3.63) is 69.4 Å². The highest BCUT2D eigenvalue weighted by atomic mass is 19.1. The maximum Gasteiger partial charge on any atom is 0.340 e. The summed E-state index contributed by atoms with van der Waals surface area (Å²) < 4.78 is 23.8. The van der Waals surface area contributed by atoms with Gasteiger partial charge in [0.05, 0.1) is 12.7 Å². The summed E-state index contributed by atoms with van der Waals surface area (Å²) in [5.41, 5.74) is 0.520. The van der Waals surface area contributed by atoms with Crippen LogP contribution < -0.4 is 10.3 Å². The highest BCUT2D eigenvalue weighted by molar-refractivity contribution is 5.90. The van der Waals surface area contributed by atoms with Gasteiger partial charge < -0.3 is 14.5 Å². The molecule has 6 nitrogen and oxygen atoms in total. The van der Waals surface area contributed by atoms with Gasteiger partial charge in [-0.3, -0.25) is 9.59 Å². The van der Waals surface area contributed by atoms with Crippen LogP contribution in [0.3, 0.4) is 0 Å². The van der Waals surface area contributed by atoms with Gasteiger partial charge in [-0.25, -0.2) is 9.18 Å². The molecule has 1 N–H and O–H groups in total. The number of pyridine rings is 1. The molecule has 0 bridgehead atoms. The first-order valence-corrected chi connectivity index (χ1v) is 7.29. The molecule has 7 heteroatoms. The molecule has 0 spiro atoms. The fourth-order valence-electron chi connectivity index (χ4n) is 2.25. The second-order valence-corrected chi connectivity index (χ2v) is 5.19. The number of ether oxygens (including phenoxy) is 2. The van der Waals surface area contributed by atoms with E-state index < -0.39 is 17.8 Å². The van der Waals surface area contributed by atoms with E-state index in [0.29, 0.717) is 11.1 Å². The normalized spacial score (nSPS) is 10.2. The summed E-state index contributed by atoms with van der Waals surface area (Å²) in [5.74, 6) is -2.40. The number of aromatic amines is 1. The summed E-state index contributed by atoms with van der Waals surface area (Å²) in [5, 5.41) is 0. The molecule has 0 atom stereocenters. The number of halogens is 1. The van der Waals surface area contributed by atoms with Crippen molar-refractivity contribution in [2.75, 3.05) is 7.11 Å². The van der Waals surface area contributed by atoms with E-state index in [-0.39, 0.29) is 28.9 Å². The van der Waals surface area contributed by atoms with Gasteiger partial charge in [0.25, 0.3) is 5.56 Å². The van der Waals surface area contributed by atoms with Crippen molar-refractivity contribution < 1.29 is 23.5 Å². The van der Waals surface area contributed by atoms with E-state index in [1.807, 2.05) is 0 Å². The smallest absolute Gasteiger partial charge is 0.340 e. The number of aromatic nitrogens is 1. The predicted molar refractivity (Wildman–Crippen MR) is 89.0 cm³/mol. The van der Waals surface area contributed by atoms with E-state index in [0.717, 1.165) is 19.2 Å². The zero-order valence-corrected chi connectivity index (χ0v) is 13.7. The molecule has 1 aromatic heterocycles. The molecule has 0 aliphatic rings. The minimum atomic E-state index is -0.899. The first-order chi connectivity index (χ1) is 11.8. The van der Waals surface area contributed by atoms with E-state index in [1.165, 1.54) is 13.1 Å². The topological polar surface area (TPSA) is 85.5 Å². The Morgan fingerprint density at radius 2 is 2.00 bits per heavy atom. The van der Waals surface area contributed by atoms with Crippen LogP contribution in [0.25, 0.3) is 6.08 Å². The molecule has 0 amide bonds. The molecule has 0 radical (unpaired) electrons. The van der Waals surface area contributed by atoms with Crippen molar-refractivity contribution in [1.82, 2.24) is 4.98 Å². The van der Waals surface area contributed by atoms with Crippen LogP contribution in [0.1, 0.15) is 34.0 Å². The monoisotopic (exact) mass is 345 g/mol. The Labute approximate surface area is 142 Å². The molecule has 0 unspecified atom stereocenters. The summed E-state index contributed by atoms with van der Waals surface area (Å²) in [6.07, 6.45) is 3.04. The predicted octanol–water partition coefficient (Wildman–Crippen LogP) is 2.46. The molecular formula is C18H16FNO5. The van der Waals surface area contributed by atoms with Crippen molar-refractivity contribution >= 4 is 18.0 Å². The Morgan fingerprint density at radius 1 is 1.28 bits per heavy atom. The molecule has 130 valence electrons. The lowest BCUT2D eigenvalue weighted by molar-refractivity contribution is -0.131. The minimum absolute atomic E-state index is 0.00198. The summed E-state index contributed by atoms with van der Waals surface area (Å²) in [6, 6.07) is 3.73. The number of methoxy groups -OCH3 is 1. The van der Waals surface area contributed by atoms with Gasteiger partial charge in [-0.2, -0.15) is 0 Å². The van der Waals surface area contributed by atoms with Gasteiger partial charge in [-0.15, -0.1) is 0 Å². The van der Waals surface area contributed by atoms with Crippen molar-refractivity contribution in [3.63, 3.8) is 0 Å². The fraction of sp³-hybridized carbons (Fsp3) is 0.167. The van der Waals surface area contributed by atoms with Crippen molar-refractivity contribution in [2.24, 2.45) is 0 Å². The van der Waals surface area contributed by atoms with E-state index in [4.69, 9.17) is 4.74 Å². The minimum Gasteiger partial charge on any atom is -0.465 e. The zero-order valence-electron chi connectivity index (χ0n) is 13.7. The first-order valence-electron chi connectivity index (χ1n) is 7.29. The van der Waals surface area contributed by atoms with E-state index in [1.54, 1.807) is 12.1 Å². The molecule has 1 aromatic carbocycles. The van der Waals surface area contributed by atoms with Gasteiger partial charge in [0.2, 0.25) is 0 Å². The van der Waals surface area contributed by atoms with Crippen LogP contribution in [0.4, 0.5) is 4.39 Å². The Morgan fingerprint density at radius 3 is 2.60 bits per heavy atom. The van der Waals surface area contributed by atoms with Crippen LogP contribution >= 0.6 is 0 Å². The first kappa shape index (κ1) is 18.1. The third-order valence-electron chi connectivity index (χ3n) is 3.43. The van der Waals surface area contributed by atoms with Gasteiger partial charge in [-0.05, 0) is 23.8 Å². The van der Waals surface area contributed by atoms with Gasteiger partial charge in [0.1, 0.15) is 11.6 Å². The van der Waals surface area contributed by atoms with Gasteiger partial charge in [-0.1, -0.05) is 12.7 Å². The van der Waals surface area contributed by atoms with Crippen LogP contribution in [-0.4, -0.2) is 24.0 Å². The van der Waals surface area contributed by atoms with Crippen molar-refractivity contribution in [3.8, 4) is 5.75 Å². The molecule has 0 aliphatic carbocycles. The summed E-state index contributed by atoms with van der Waals surface area (Å²) in [4.78, 5) is 37.4. The second kappa shape index (κ2) is 7.57. The Hall–Kier alpha value is -3.22. The van der Waals surface area contributed by atoms with Crippen LogP contribution in [0.2, 0.25) is 0 Å². The lowest BCUT2D eigenvalue weighted by Crippen LogP contribution is -2.14. The lowest BCUT2D eigenvalue weighted by Gasteiger charge is -2.12. The molecule has 0 aliphatic heterocycles. The lowest BCUT2D eigenvalue weighted by atomic mass is 10.0. The van der Waals surface area contributed by atoms with E-state index >= 15 is 0 Å². The number of hydrogen-bond donors (Lipinski definition) is 1. The van der Waals surface area contributed by atoms with E-state index in [9.17, 15) is 18.8 Å². The van der Waals surface area contributed by atoms with Crippen LogP contribution in [0, 0.1) is 5.82 Å². The standard InChI is InChI=1S/C18H16FNO5/c1-4-11-5-13(17(22)20-9-11)6-12-7-15(19)14(18(23)24-3)8-16(12)25-10(2)21/h4-5,7-9H,1,6H2,2-3H3,(H,20,22). The summed E-state index contributed by atoms with van der Waals surface area (Å²) in [6.45, 7) is 4.79. The van der Waals surface area contributed by atoms with Crippen LogP contribution in [0.15, 0.2) is 35.8 Å². The fourth-order valence-corrected chi connectivity index (χ4v) is 2.25. The number of carbonyl (C=O) groups is 2. The Balaban J connectivity index is 2.54. The summed E-state index contributed by atoms with van der Waals surface area (Å²) in [7, 11) is 1.11. The van der Waals surface area contributed by atoms with Gasteiger partial charge in [0, 0.05) is 30.7 Å². The molecule has 0 saturated carbocycles. The average Bonchev–Trinajstić information content (AvgIpc) is 2.58. The molecule has 0 saturated heterocycles. The number of benzene rings is 1. The molecule has 1 heterocycles. The number of hydrogen-bond acceptors (Lipinski definition) is 5. The SMILES string of the molecule is C=Cc1c[nH]c(=O)c(Cc2cc(F)c(C(=O)OC)cc2OC(C)=O)c1. The van der Waals surface area contributed by atoms with Gasteiger partial charge >= 0.3 is 11.9 Å². The van der Waals surface area contributed by atoms with Gasteiger partial charge in [0.15, 0.2) is 0 Å². The maximum atomic E-state index is 14.2.